The molecule has 0 aromatic rings. The van der Waals surface area contributed by atoms with Crippen LogP contribution in [0.3, 0.4) is 0 Å². The van der Waals surface area contributed by atoms with E-state index in [4.69, 9.17) is 5.73 Å². The highest BCUT2D eigenvalue weighted by Gasteiger charge is 2.22. The van der Waals surface area contributed by atoms with Crippen LogP contribution in [-0.4, -0.2) is 56.5 Å². The topological polar surface area (TPSA) is 82.8 Å². The highest BCUT2D eigenvalue weighted by molar-refractivity contribution is 14.0. The van der Waals surface area contributed by atoms with Crippen molar-refractivity contribution in [1.29, 1.82) is 0 Å². The normalized spacial score (nSPS) is 20.0. The fraction of sp³-hybridized carbons (Fsp3) is 0.875. The molecule has 6 nitrogen and oxygen atoms in total. The molecule has 2 rings (SSSR count). The zero-order valence-electron chi connectivity index (χ0n) is 14.2. The molecule has 0 unspecified atom stereocenters. The van der Waals surface area contributed by atoms with Crippen molar-refractivity contribution < 1.29 is 4.79 Å². The third-order valence-corrected chi connectivity index (χ3v) is 4.66. The van der Waals surface area contributed by atoms with Gasteiger partial charge in [0.2, 0.25) is 5.91 Å². The molecule has 4 N–H and O–H groups in total. The summed E-state index contributed by atoms with van der Waals surface area (Å²) < 4.78 is 0. The molecule has 1 aliphatic carbocycles. The zero-order chi connectivity index (χ0) is 15.8. The molecule has 0 aromatic carbocycles. The maximum Gasteiger partial charge on any atom is 0.220 e. The molecule has 2 fully saturated rings. The number of carbonyl (C=O) groups excluding carboxylic acids is 1. The van der Waals surface area contributed by atoms with Crippen LogP contribution in [0.15, 0.2) is 4.99 Å². The number of piperidine rings is 1. The average molecular weight is 437 g/mol. The number of likely N-dealkylation sites (tertiary alicyclic amines) is 1. The van der Waals surface area contributed by atoms with Crippen molar-refractivity contribution in [2.45, 2.75) is 38.5 Å². The first-order valence-electron chi connectivity index (χ1n) is 8.65. The average Bonchev–Trinajstić information content (AvgIpc) is 3.34. The van der Waals surface area contributed by atoms with Crippen LogP contribution in [0.1, 0.15) is 38.5 Å². The van der Waals surface area contributed by atoms with Crippen molar-refractivity contribution >= 4 is 35.8 Å². The Morgan fingerprint density at radius 1 is 1.17 bits per heavy atom. The Bertz CT molecular complexity index is 379. The van der Waals surface area contributed by atoms with E-state index in [1.807, 2.05) is 7.05 Å². The van der Waals surface area contributed by atoms with Gasteiger partial charge >= 0.3 is 0 Å². The van der Waals surface area contributed by atoms with Gasteiger partial charge in [-0.05, 0) is 64.1 Å². The van der Waals surface area contributed by atoms with E-state index in [0.717, 1.165) is 63.9 Å². The molecule has 1 heterocycles. The highest BCUT2D eigenvalue weighted by atomic mass is 127. The number of halogens is 1. The van der Waals surface area contributed by atoms with Crippen LogP contribution < -0.4 is 16.4 Å². The quantitative estimate of drug-likeness (QED) is 0.230. The van der Waals surface area contributed by atoms with E-state index in [2.05, 4.69) is 20.5 Å². The predicted octanol–water partition coefficient (Wildman–Crippen LogP) is 1.16. The van der Waals surface area contributed by atoms with Gasteiger partial charge in [0, 0.05) is 26.1 Å². The standard InChI is InChI=1S/C16H31N5O.HI/c1-18-16(20-12-13-4-5-13)19-8-2-3-9-21-10-6-14(7-11-21)15(17)22;/h13-14H,2-12H2,1H3,(H2,17,22)(H2,18,19,20);1H. The summed E-state index contributed by atoms with van der Waals surface area (Å²) in [7, 11) is 1.82. The smallest absolute Gasteiger partial charge is 0.220 e. The summed E-state index contributed by atoms with van der Waals surface area (Å²) in [5.74, 6) is 1.75. The first kappa shape index (κ1) is 20.5. The van der Waals surface area contributed by atoms with Crippen LogP contribution in [0.4, 0.5) is 0 Å². The first-order valence-corrected chi connectivity index (χ1v) is 8.65. The summed E-state index contributed by atoms with van der Waals surface area (Å²) >= 11 is 0. The number of rotatable bonds is 8. The van der Waals surface area contributed by atoms with Crippen molar-refractivity contribution in [3.63, 3.8) is 0 Å². The van der Waals surface area contributed by atoms with Gasteiger partial charge in [-0.2, -0.15) is 0 Å². The number of hydrogen-bond acceptors (Lipinski definition) is 3. The lowest BCUT2D eigenvalue weighted by Crippen LogP contribution is -2.40. The predicted molar refractivity (Wildman–Crippen MR) is 105 cm³/mol. The number of hydrogen-bond donors (Lipinski definition) is 3. The van der Waals surface area contributed by atoms with E-state index in [9.17, 15) is 4.79 Å². The largest absolute Gasteiger partial charge is 0.369 e. The minimum absolute atomic E-state index is 0. The fourth-order valence-electron chi connectivity index (χ4n) is 2.89. The second kappa shape index (κ2) is 11.1. The molecular weight excluding hydrogens is 405 g/mol. The molecule has 1 saturated heterocycles. The van der Waals surface area contributed by atoms with Crippen molar-refractivity contribution in [3.05, 3.63) is 0 Å². The number of nitrogens with two attached hydrogens (primary N) is 1. The Balaban J connectivity index is 0.00000264. The van der Waals surface area contributed by atoms with E-state index < -0.39 is 0 Å². The zero-order valence-corrected chi connectivity index (χ0v) is 16.6. The molecule has 0 atom stereocenters. The number of carbonyl (C=O) groups is 1. The van der Waals surface area contributed by atoms with Gasteiger partial charge in [0.05, 0.1) is 0 Å². The Labute approximate surface area is 157 Å². The number of aliphatic imine (C=N–C) groups is 1. The van der Waals surface area contributed by atoms with Gasteiger partial charge in [-0.15, -0.1) is 24.0 Å². The van der Waals surface area contributed by atoms with Gasteiger partial charge in [-0.1, -0.05) is 0 Å². The number of guanidine groups is 1. The number of nitrogens with one attached hydrogen (secondary N) is 2. The lowest BCUT2D eigenvalue weighted by molar-refractivity contribution is -0.123. The number of primary amides is 1. The van der Waals surface area contributed by atoms with Crippen LogP contribution in [0.5, 0.6) is 0 Å². The second-order valence-electron chi connectivity index (χ2n) is 6.55. The molecule has 134 valence electrons. The molecule has 1 aliphatic heterocycles. The van der Waals surface area contributed by atoms with Crippen LogP contribution in [0.2, 0.25) is 0 Å². The molecule has 1 saturated carbocycles. The first-order chi connectivity index (χ1) is 10.7. The lowest BCUT2D eigenvalue weighted by atomic mass is 9.96. The summed E-state index contributed by atoms with van der Waals surface area (Å²) in [5.41, 5.74) is 5.36. The van der Waals surface area contributed by atoms with Crippen LogP contribution in [0.25, 0.3) is 0 Å². The van der Waals surface area contributed by atoms with Crippen LogP contribution in [-0.2, 0) is 4.79 Å². The van der Waals surface area contributed by atoms with Crippen molar-refractivity contribution in [2.75, 3.05) is 39.8 Å². The molecule has 0 spiro atoms. The Kier molecular flexibility index (Phi) is 9.85. The van der Waals surface area contributed by atoms with Crippen molar-refractivity contribution in [2.24, 2.45) is 22.6 Å². The molecule has 23 heavy (non-hydrogen) atoms. The van der Waals surface area contributed by atoms with E-state index in [-0.39, 0.29) is 35.8 Å². The van der Waals surface area contributed by atoms with Crippen molar-refractivity contribution in [3.8, 4) is 0 Å². The molecule has 2 aliphatic rings. The second-order valence-corrected chi connectivity index (χ2v) is 6.55. The minimum Gasteiger partial charge on any atom is -0.369 e. The third kappa shape index (κ3) is 8.19. The summed E-state index contributed by atoms with van der Waals surface area (Å²) in [6, 6.07) is 0. The Morgan fingerprint density at radius 3 is 2.43 bits per heavy atom. The Morgan fingerprint density at radius 2 is 1.87 bits per heavy atom. The third-order valence-electron chi connectivity index (χ3n) is 4.66. The summed E-state index contributed by atoms with van der Waals surface area (Å²) in [6.07, 6.45) is 6.87. The molecule has 7 heteroatoms. The van der Waals surface area contributed by atoms with Gasteiger partial charge in [-0.25, -0.2) is 0 Å². The van der Waals surface area contributed by atoms with Gasteiger partial charge < -0.3 is 21.3 Å². The van der Waals surface area contributed by atoms with E-state index in [1.54, 1.807) is 0 Å². The molecule has 1 amide bonds. The monoisotopic (exact) mass is 437 g/mol. The van der Waals surface area contributed by atoms with Gasteiger partial charge in [-0.3, -0.25) is 9.79 Å². The maximum absolute atomic E-state index is 11.1. The minimum atomic E-state index is -0.131. The lowest BCUT2D eigenvalue weighted by Gasteiger charge is -2.30. The van der Waals surface area contributed by atoms with Gasteiger partial charge in [0.25, 0.3) is 0 Å². The SMILES string of the molecule is CN=C(NCCCCN1CCC(C(N)=O)CC1)NCC1CC1.I. The number of amides is 1. The molecule has 0 radical (unpaired) electrons. The van der Waals surface area contributed by atoms with Crippen molar-refractivity contribution in [1.82, 2.24) is 15.5 Å². The fourth-order valence-corrected chi connectivity index (χ4v) is 2.89. The summed E-state index contributed by atoms with van der Waals surface area (Å²) in [4.78, 5) is 17.8. The van der Waals surface area contributed by atoms with E-state index >= 15 is 0 Å². The van der Waals surface area contributed by atoms with E-state index in [1.165, 1.54) is 19.3 Å². The summed E-state index contributed by atoms with van der Waals surface area (Å²) in [6.45, 7) is 5.13. The number of unbranched alkanes of at least 4 members (excludes halogenated alkanes) is 1. The number of nitrogens with zero attached hydrogens (tertiary/aromatic N) is 2. The van der Waals surface area contributed by atoms with E-state index in [0.29, 0.717) is 0 Å². The summed E-state index contributed by atoms with van der Waals surface area (Å²) in [5, 5.41) is 6.74. The molecule has 0 aromatic heterocycles. The van der Waals surface area contributed by atoms with Gasteiger partial charge in [0.15, 0.2) is 5.96 Å². The Hall–Kier alpha value is -0.570. The highest BCUT2D eigenvalue weighted by Crippen LogP contribution is 2.27. The molecular formula is C16H32IN5O. The maximum atomic E-state index is 11.1. The van der Waals surface area contributed by atoms with Crippen LogP contribution >= 0.6 is 24.0 Å². The van der Waals surface area contributed by atoms with Gasteiger partial charge in [0.1, 0.15) is 0 Å². The van der Waals surface area contributed by atoms with Crippen LogP contribution in [0, 0.1) is 11.8 Å². The molecule has 0 bridgehead atoms.